The van der Waals surface area contributed by atoms with Crippen molar-refractivity contribution in [3.05, 3.63) is 33.8 Å². The van der Waals surface area contributed by atoms with Crippen LogP contribution < -0.4 is 5.73 Å². The molecule has 0 bridgehead atoms. The zero-order valence-electron chi connectivity index (χ0n) is 11.6. The van der Waals surface area contributed by atoms with E-state index < -0.39 is 0 Å². The van der Waals surface area contributed by atoms with Gasteiger partial charge in [0.05, 0.1) is 0 Å². The van der Waals surface area contributed by atoms with Gasteiger partial charge in [-0.1, -0.05) is 30.1 Å². The van der Waals surface area contributed by atoms with Gasteiger partial charge in [-0.15, -0.1) is 0 Å². The lowest BCUT2D eigenvalue weighted by Gasteiger charge is -2.42. The summed E-state index contributed by atoms with van der Waals surface area (Å²) in [4.78, 5) is 2.48. The molecule has 4 heteroatoms. The molecule has 1 saturated heterocycles. The Morgan fingerprint density at radius 2 is 2.05 bits per heavy atom. The fourth-order valence-electron chi connectivity index (χ4n) is 2.97. The lowest BCUT2D eigenvalue weighted by Crippen LogP contribution is -2.45. The lowest BCUT2D eigenvalue weighted by atomic mass is 9.91. The summed E-state index contributed by atoms with van der Waals surface area (Å²) >= 11 is 12.4. The smallest absolute Gasteiger partial charge is 0.0488 e. The van der Waals surface area contributed by atoms with E-state index in [-0.39, 0.29) is 6.04 Å². The largest absolute Gasteiger partial charge is 0.329 e. The van der Waals surface area contributed by atoms with Crippen LogP contribution in [0, 0.1) is 5.92 Å². The van der Waals surface area contributed by atoms with Crippen molar-refractivity contribution < 1.29 is 0 Å². The summed E-state index contributed by atoms with van der Waals surface area (Å²) in [6.45, 7) is 6.21. The van der Waals surface area contributed by atoms with Crippen LogP contribution in [0.3, 0.4) is 0 Å². The molecule has 0 aromatic heterocycles. The Labute approximate surface area is 125 Å². The zero-order valence-corrected chi connectivity index (χ0v) is 13.1. The van der Waals surface area contributed by atoms with E-state index in [0.717, 1.165) is 22.2 Å². The number of benzene rings is 1. The van der Waals surface area contributed by atoms with Crippen LogP contribution in [0.25, 0.3) is 0 Å². The summed E-state index contributed by atoms with van der Waals surface area (Å²) in [5, 5.41) is 1.47. The molecule has 19 heavy (non-hydrogen) atoms. The zero-order chi connectivity index (χ0) is 14.0. The highest BCUT2D eigenvalue weighted by molar-refractivity contribution is 6.33. The van der Waals surface area contributed by atoms with Gasteiger partial charge >= 0.3 is 0 Å². The van der Waals surface area contributed by atoms with Crippen molar-refractivity contribution in [2.45, 2.75) is 38.8 Å². The first-order valence-corrected chi connectivity index (χ1v) is 7.69. The predicted octanol–water partition coefficient (Wildman–Crippen LogP) is 4.11. The first kappa shape index (κ1) is 15.1. The van der Waals surface area contributed by atoms with Gasteiger partial charge in [0.25, 0.3) is 0 Å². The van der Waals surface area contributed by atoms with Gasteiger partial charge in [0.2, 0.25) is 0 Å². The highest BCUT2D eigenvalue weighted by Crippen LogP contribution is 2.34. The average Bonchev–Trinajstić information content (AvgIpc) is 2.38. The predicted molar refractivity (Wildman–Crippen MR) is 82.8 cm³/mol. The van der Waals surface area contributed by atoms with E-state index in [0.29, 0.717) is 18.5 Å². The Balaban J connectivity index is 2.30. The third kappa shape index (κ3) is 3.43. The number of halogens is 2. The molecule has 1 heterocycles. The number of nitrogens with two attached hydrogens (primary N) is 1. The van der Waals surface area contributed by atoms with Gasteiger partial charge in [-0.05, 0) is 49.4 Å². The first-order valence-electron chi connectivity index (χ1n) is 6.93. The van der Waals surface area contributed by atoms with E-state index in [1.54, 1.807) is 0 Å². The summed E-state index contributed by atoms with van der Waals surface area (Å²) in [7, 11) is 0. The molecule has 3 atom stereocenters. The molecule has 0 amide bonds. The molecule has 2 rings (SSSR count). The normalized spacial score (nSPS) is 26.4. The van der Waals surface area contributed by atoms with Crippen molar-refractivity contribution >= 4 is 23.2 Å². The number of likely N-dealkylation sites (tertiary alicyclic amines) is 1. The lowest BCUT2D eigenvalue weighted by molar-refractivity contribution is 0.0799. The van der Waals surface area contributed by atoms with E-state index in [2.05, 4.69) is 18.7 Å². The molecule has 106 valence electrons. The minimum absolute atomic E-state index is 0.156. The van der Waals surface area contributed by atoms with Gasteiger partial charge in [0.1, 0.15) is 0 Å². The number of nitrogens with zero attached hydrogens (tertiary/aromatic N) is 1. The monoisotopic (exact) mass is 300 g/mol. The minimum Gasteiger partial charge on any atom is -0.329 e. The van der Waals surface area contributed by atoms with Crippen LogP contribution in [-0.4, -0.2) is 24.0 Å². The molecule has 3 unspecified atom stereocenters. The third-order valence-electron chi connectivity index (χ3n) is 4.11. The summed E-state index contributed by atoms with van der Waals surface area (Å²) in [6, 6.07) is 6.33. The molecular formula is C15H22Cl2N2. The fraction of sp³-hybridized carbons (Fsp3) is 0.600. The first-order chi connectivity index (χ1) is 9.02. The van der Waals surface area contributed by atoms with Crippen LogP contribution in [0.1, 0.15) is 38.3 Å². The molecule has 0 spiro atoms. The molecule has 0 radical (unpaired) electrons. The highest BCUT2D eigenvalue weighted by atomic mass is 35.5. The quantitative estimate of drug-likeness (QED) is 0.910. The Kier molecular flexibility index (Phi) is 5.13. The van der Waals surface area contributed by atoms with Crippen molar-refractivity contribution in [1.29, 1.82) is 0 Å². The Bertz CT molecular complexity index is 436. The van der Waals surface area contributed by atoms with Crippen molar-refractivity contribution in [2.24, 2.45) is 11.7 Å². The van der Waals surface area contributed by atoms with E-state index in [1.165, 1.54) is 12.8 Å². The van der Waals surface area contributed by atoms with Crippen molar-refractivity contribution in [1.82, 2.24) is 4.90 Å². The topological polar surface area (TPSA) is 29.3 Å². The van der Waals surface area contributed by atoms with Crippen molar-refractivity contribution in [3.8, 4) is 0 Å². The maximum atomic E-state index is 6.33. The minimum atomic E-state index is 0.156. The van der Waals surface area contributed by atoms with E-state index in [1.807, 2.05) is 18.2 Å². The molecule has 1 fully saturated rings. The highest BCUT2D eigenvalue weighted by Gasteiger charge is 2.30. The summed E-state index contributed by atoms with van der Waals surface area (Å²) < 4.78 is 0. The Morgan fingerprint density at radius 1 is 1.32 bits per heavy atom. The SMILES string of the molecule is CC1CCC(C)N(C(CN)c2cc(Cl)ccc2Cl)C1. The maximum absolute atomic E-state index is 6.33. The molecule has 2 nitrogen and oxygen atoms in total. The molecule has 1 aromatic carbocycles. The van der Waals surface area contributed by atoms with Gasteiger partial charge in [0, 0.05) is 35.2 Å². The van der Waals surface area contributed by atoms with Gasteiger partial charge in [-0.3, -0.25) is 4.90 Å². The number of hydrogen-bond acceptors (Lipinski definition) is 2. The molecule has 2 N–H and O–H groups in total. The molecule has 0 aliphatic carbocycles. The molecular weight excluding hydrogens is 279 g/mol. The number of piperidine rings is 1. The van der Waals surface area contributed by atoms with Crippen LogP contribution in [0.15, 0.2) is 18.2 Å². The second kappa shape index (κ2) is 6.45. The van der Waals surface area contributed by atoms with Crippen LogP contribution in [0.4, 0.5) is 0 Å². The van der Waals surface area contributed by atoms with Gasteiger partial charge in [-0.25, -0.2) is 0 Å². The summed E-state index contributed by atoms with van der Waals surface area (Å²) in [5.41, 5.74) is 7.07. The fourth-order valence-corrected chi connectivity index (χ4v) is 3.39. The molecule has 0 saturated carbocycles. The number of rotatable bonds is 3. The summed E-state index contributed by atoms with van der Waals surface area (Å²) in [5.74, 6) is 0.711. The Hall–Kier alpha value is -0.280. The average molecular weight is 301 g/mol. The van der Waals surface area contributed by atoms with Crippen LogP contribution in [-0.2, 0) is 0 Å². The van der Waals surface area contributed by atoms with Gasteiger partial charge in [-0.2, -0.15) is 0 Å². The maximum Gasteiger partial charge on any atom is 0.0488 e. The second-order valence-electron chi connectivity index (χ2n) is 5.65. The van der Waals surface area contributed by atoms with Crippen LogP contribution in [0.5, 0.6) is 0 Å². The Morgan fingerprint density at radius 3 is 2.74 bits per heavy atom. The van der Waals surface area contributed by atoms with Crippen molar-refractivity contribution in [2.75, 3.05) is 13.1 Å². The standard InChI is InChI=1S/C15H22Cl2N2/c1-10-3-4-11(2)19(9-10)15(8-18)13-7-12(16)5-6-14(13)17/h5-7,10-11,15H,3-4,8-9,18H2,1-2H3. The molecule has 1 aromatic rings. The van der Waals surface area contributed by atoms with E-state index in [4.69, 9.17) is 28.9 Å². The molecule has 1 aliphatic heterocycles. The molecule has 1 aliphatic rings. The summed E-state index contributed by atoms with van der Waals surface area (Å²) in [6.07, 6.45) is 2.51. The third-order valence-corrected chi connectivity index (χ3v) is 4.69. The van der Waals surface area contributed by atoms with E-state index in [9.17, 15) is 0 Å². The van der Waals surface area contributed by atoms with Crippen LogP contribution in [0.2, 0.25) is 10.0 Å². The van der Waals surface area contributed by atoms with Crippen LogP contribution >= 0.6 is 23.2 Å². The van der Waals surface area contributed by atoms with Gasteiger partial charge < -0.3 is 5.73 Å². The van der Waals surface area contributed by atoms with Gasteiger partial charge in [0.15, 0.2) is 0 Å². The second-order valence-corrected chi connectivity index (χ2v) is 6.49. The van der Waals surface area contributed by atoms with Crippen molar-refractivity contribution in [3.63, 3.8) is 0 Å². The number of hydrogen-bond donors (Lipinski definition) is 1. The van der Waals surface area contributed by atoms with E-state index >= 15 is 0 Å².